The molecule has 0 aromatic rings. The first kappa shape index (κ1) is 27.2. The molecule has 0 unspecified atom stereocenters. The molecule has 0 aliphatic heterocycles. The predicted molar refractivity (Wildman–Crippen MR) is 110 cm³/mol. The molecular weight excluding hydrogens is 400 g/mol. The lowest BCUT2D eigenvalue weighted by atomic mass is 9.87. The van der Waals surface area contributed by atoms with Gasteiger partial charge < -0.3 is 25.2 Å². The van der Waals surface area contributed by atoms with E-state index < -0.39 is 41.4 Å². The molecule has 29 heavy (non-hydrogen) atoms. The van der Waals surface area contributed by atoms with Gasteiger partial charge in [-0.25, -0.2) is 0 Å². The fourth-order valence-electron chi connectivity index (χ4n) is 2.02. The Balaban J connectivity index is 4.33. The summed E-state index contributed by atoms with van der Waals surface area (Å²) < 4.78 is 10.0. The number of ether oxygens (including phenoxy) is 2. The van der Waals surface area contributed by atoms with E-state index in [2.05, 4.69) is 10.6 Å². The molecular formula is C19H34N2O7S. The molecule has 0 bridgehead atoms. The normalized spacial score (nSPS) is 12.7. The molecule has 2 amide bonds. The molecule has 0 fully saturated rings. The molecule has 0 aromatic carbocycles. The van der Waals surface area contributed by atoms with Gasteiger partial charge in [0, 0.05) is 30.7 Å². The van der Waals surface area contributed by atoms with Gasteiger partial charge in [0.25, 0.3) is 0 Å². The smallest absolute Gasteiger partial charge is 0.317 e. The molecule has 0 spiro atoms. The van der Waals surface area contributed by atoms with Crippen molar-refractivity contribution in [1.29, 1.82) is 0 Å². The van der Waals surface area contributed by atoms with Crippen LogP contribution in [-0.4, -0.2) is 72.3 Å². The van der Waals surface area contributed by atoms with Crippen molar-refractivity contribution in [3.05, 3.63) is 0 Å². The molecule has 0 radical (unpaired) electrons. The Kier molecular flexibility index (Phi) is 11.9. The highest BCUT2D eigenvalue weighted by atomic mass is 32.2. The third-order valence-electron chi connectivity index (χ3n) is 3.58. The molecule has 1 atom stereocenters. The van der Waals surface area contributed by atoms with Crippen LogP contribution in [-0.2, 0) is 28.7 Å². The second-order valence-corrected chi connectivity index (χ2v) is 9.18. The second kappa shape index (κ2) is 12.7. The van der Waals surface area contributed by atoms with Gasteiger partial charge in [0.2, 0.25) is 11.8 Å². The maximum absolute atomic E-state index is 12.1. The standard InChI is InChI=1S/C19H34N2O7S/c1-18(2,3)28-15(24)11-14(23)27-12-19(4,5)16(25)17(26)21-8-7-13(22)20-9-10-29-6/h16,25H,7-12H2,1-6H3,(H,20,22)(H,21,26)/t16-/m0/s1. The SMILES string of the molecule is CSCCNC(=O)CCNC(=O)[C@H](O)C(C)(C)COC(=O)CC(=O)OC(C)(C)C. The molecule has 0 rings (SSSR count). The number of amides is 2. The average Bonchev–Trinajstić information content (AvgIpc) is 2.57. The predicted octanol–water partition coefficient (Wildman–Crippen LogP) is 0.634. The number of aliphatic hydroxyl groups is 1. The van der Waals surface area contributed by atoms with Crippen molar-refractivity contribution < 1.29 is 33.8 Å². The summed E-state index contributed by atoms with van der Waals surface area (Å²) >= 11 is 1.61. The van der Waals surface area contributed by atoms with Crippen LogP contribution in [0.3, 0.4) is 0 Å². The van der Waals surface area contributed by atoms with Crippen molar-refractivity contribution in [2.75, 3.05) is 31.7 Å². The largest absolute Gasteiger partial charge is 0.465 e. The first-order valence-corrected chi connectivity index (χ1v) is 10.8. The summed E-state index contributed by atoms with van der Waals surface area (Å²) in [5.74, 6) is -1.58. The lowest BCUT2D eigenvalue weighted by Gasteiger charge is -2.29. The highest BCUT2D eigenvalue weighted by Crippen LogP contribution is 2.22. The van der Waals surface area contributed by atoms with Crippen LogP contribution in [0.2, 0.25) is 0 Å². The van der Waals surface area contributed by atoms with Crippen LogP contribution in [0.15, 0.2) is 0 Å². The van der Waals surface area contributed by atoms with Crippen molar-refractivity contribution in [2.24, 2.45) is 5.41 Å². The minimum atomic E-state index is -1.46. The maximum Gasteiger partial charge on any atom is 0.317 e. The highest BCUT2D eigenvalue weighted by molar-refractivity contribution is 7.98. The number of aliphatic hydroxyl groups excluding tert-OH is 1. The fourth-order valence-corrected chi connectivity index (χ4v) is 2.33. The number of nitrogens with one attached hydrogen (secondary N) is 2. The Bertz CT molecular complexity index is 573. The van der Waals surface area contributed by atoms with Gasteiger partial charge in [-0.1, -0.05) is 13.8 Å². The minimum Gasteiger partial charge on any atom is -0.465 e. The van der Waals surface area contributed by atoms with E-state index in [1.165, 1.54) is 0 Å². The van der Waals surface area contributed by atoms with Crippen LogP contribution in [0.5, 0.6) is 0 Å². The van der Waals surface area contributed by atoms with Gasteiger partial charge in [0.05, 0.1) is 6.61 Å². The van der Waals surface area contributed by atoms with Gasteiger partial charge in [-0.2, -0.15) is 11.8 Å². The zero-order valence-corrected chi connectivity index (χ0v) is 18.9. The first-order valence-electron chi connectivity index (χ1n) is 9.37. The van der Waals surface area contributed by atoms with Crippen LogP contribution < -0.4 is 10.6 Å². The van der Waals surface area contributed by atoms with Gasteiger partial charge in [0.15, 0.2) is 0 Å². The number of rotatable bonds is 12. The van der Waals surface area contributed by atoms with Crippen LogP contribution >= 0.6 is 11.8 Å². The number of thioether (sulfide) groups is 1. The highest BCUT2D eigenvalue weighted by Gasteiger charge is 2.35. The van der Waals surface area contributed by atoms with Gasteiger partial charge in [0.1, 0.15) is 18.1 Å². The Morgan fingerprint density at radius 3 is 2.17 bits per heavy atom. The molecule has 0 heterocycles. The number of hydrogen-bond acceptors (Lipinski definition) is 8. The summed E-state index contributed by atoms with van der Waals surface area (Å²) in [6.45, 7) is 8.51. The lowest BCUT2D eigenvalue weighted by molar-refractivity contribution is -0.164. The Morgan fingerprint density at radius 2 is 1.62 bits per heavy atom. The Labute approximate surface area is 176 Å². The van der Waals surface area contributed by atoms with Gasteiger partial charge in [-0.3, -0.25) is 19.2 Å². The molecule has 10 heteroatoms. The number of hydrogen-bond donors (Lipinski definition) is 3. The van der Waals surface area contributed by atoms with E-state index in [1.54, 1.807) is 46.4 Å². The monoisotopic (exact) mass is 434 g/mol. The summed E-state index contributed by atoms with van der Waals surface area (Å²) in [6, 6.07) is 0. The molecule has 0 aliphatic rings. The zero-order chi connectivity index (χ0) is 22.7. The van der Waals surface area contributed by atoms with E-state index in [4.69, 9.17) is 9.47 Å². The minimum absolute atomic E-state index is 0.0789. The van der Waals surface area contributed by atoms with Crippen LogP contribution in [0.1, 0.15) is 47.5 Å². The maximum atomic E-state index is 12.1. The van der Waals surface area contributed by atoms with Gasteiger partial charge >= 0.3 is 11.9 Å². The van der Waals surface area contributed by atoms with E-state index >= 15 is 0 Å². The zero-order valence-electron chi connectivity index (χ0n) is 18.1. The van der Waals surface area contributed by atoms with Crippen molar-refractivity contribution in [1.82, 2.24) is 10.6 Å². The van der Waals surface area contributed by atoms with Crippen LogP contribution in [0, 0.1) is 5.41 Å². The van der Waals surface area contributed by atoms with Crippen molar-refractivity contribution in [3.63, 3.8) is 0 Å². The molecule has 0 saturated heterocycles. The summed E-state index contributed by atoms with van der Waals surface area (Å²) in [5, 5.41) is 15.4. The lowest BCUT2D eigenvalue weighted by Crippen LogP contribution is -2.47. The van der Waals surface area contributed by atoms with Crippen LogP contribution in [0.4, 0.5) is 0 Å². The van der Waals surface area contributed by atoms with Crippen molar-refractivity contribution >= 4 is 35.5 Å². The second-order valence-electron chi connectivity index (χ2n) is 8.20. The average molecular weight is 435 g/mol. The summed E-state index contributed by atoms with van der Waals surface area (Å²) in [7, 11) is 0. The summed E-state index contributed by atoms with van der Waals surface area (Å²) in [5.41, 5.74) is -1.80. The van der Waals surface area contributed by atoms with Gasteiger partial charge in [-0.05, 0) is 27.0 Å². The third-order valence-corrected chi connectivity index (χ3v) is 4.19. The van der Waals surface area contributed by atoms with E-state index in [0.717, 1.165) is 5.75 Å². The topological polar surface area (TPSA) is 131 Å². The van der Waals surface area contributed by atoms with E-state index in [-0.39, 0.29) is 25.5 Å². The summed E-state index contributed by atoms with van der Waals surface area (Å²) in [6.07, 6.45) is 0.0143. The Hall–Kier alpha value is -1.81. The fraction of sp³-hybridized carbons (Fsp3) is 0.789. The molecule has 9 nitrogen and oxygen atoms in total. The molecule has 0 aromatic heterocycles. The quantitative estimate of drug-likeness (QED) is 0.232. The van der Waals surface area contributed by atoms with Crippen LogP contribution in [0.25, 0.3) is 0 Å². The molecule has 0 saturated carbocycles. The third kappa shape index (κ3) is 13.1. The molecule has 0 aliphatic carbocycles. The number of esters is 2. The summed E-state index contributed by atoms with van der Waals surface area (Å²) in [4.78, 5) is 47.1. The van der Waals surface area contributed by atoms with E-state index in [1.807, 2.05) is 6.26 Å². The van der Waals surface area contributed by atoms with Crippen molar-refractivity contribution in [3.8, 4) is 0 Å². The van der Waals surface area contributed by atoms with Crippen molar-refractivity contribution in [2.45, 2.75) is 59.2 Å². The Morgan fingerprint density at radius 1 is 1.00 bits per heavy atom. The number of carbonyl (C=O) groups excluding carboxylic acids is 4. The molecule has 3 N–H and O–H groups in total. The van der Waals surface area contributed by atoms with E-state index in [9.17, 15) is 24.3 Å². The van der Waals surface area contributed by atoms with E-state index in [0.29, 0.717) is 6.54 Å². The first-order chi connectivity index (χ1) is 13.3. The number of carbonyl (C=O) groups is 4. The molecule has 168 valence electrons. The van der Waals surface area contributed by atoms with Gasteiger partial charge in [-0.15, -0.1) is 0 Å².